The molecule has 1 fully saturated rings. The van der Waals surface area contributed by atoms with Crippen LogP contribution in [-0.2, 0) is 16.1 Å². The van der Waals surface area contributed by atoms with Gasteiger partial charge in [-0.25, -0.2) is 0 Å². The third-order valence-electron chi connectivity index (χ3n) is 2.54. The number of benzene rings is 1. The molecule has 2 rings (SSSR count). The lowest BCUT2D eigenvalue weighted by molar-refractivity contribution is -0.115. The Morgan fingerprint density at radius 1 is 1.42 bits per heavy atom. The van der Waals surface area contributed by atoms with Crippen LogP contribution in [0.1, 0.15) is 11.1 Å². The molecule has 1 aromatic carbocycles. The van der Waals surface area contributed by atoms with Gasteiger partial charge in [0.15, 0.2) is 0 Å². The lowest BCUT2D eigenvalue weighted by atomic mass is 10.1. The molecule has 0 bridgehead atoms. The van der Waals surface area contributed by atoms with E-state index >= 15 is 0 Å². The van der Waals surface area contributed by atoms with Gasteiger partial charge in [-0.1, -0.05) is 30.0 Å². The predicted molar refractivity (Wildman–Crippen MR) is 80.0 cm³/mol. The Morgan fingerprint density at radius 3 is 2.79 bits per heavy atom. The summed E-state index contributed by atoms with van der Waals surface area (Å²) in [5.41, 5.74) is 1.85. The summed E-state index contributed by atoms with van der Waals surface area (Å²) in [6.07, 6.45) is 1.80. The molecule has 1 amide bonds. The fourth-order valence-corrected chi connectivity index (χ4v) is 2.77. The van der Waals surface area contributed by atoms with Gasteiger partial charge in [0.2, 0.25) is 0 Å². The van der Waals surface area contributed by atoms with Crippen LogP contribution in [0.4, 0.5) is 0 Å². The van der Waals surface area contributed by atoms with E-state index < -0.39 is 0 Å². The number of thioether (sulfide) groups is 1. The molecule has 1 N–H and O–H groups in total. The molecule has 0 saturated carbocycles. The first-order chi connectivity index (χ1) is 9.13. The molecule has 19 heavy (non-hydrogen) atoms. The van der Waals surface area contributed by atoms with Crippen molar-refractivity contribution in [2.75, 3.05) is 14.2 Å². The van der Waals surface area contributed by atoms with Crippen molar-refractivity contribution in [1.29, 1.82) is 0 Å². The van der Waals surface area contributed by atoms with Crippen LogP contribution in [0.25, 0.3) is 6.08 Å². The summed E-state index contributed by atoms with van der Waals surface area (Å²) >= 11 is 6.21. The minimum atomic E-state index is -0.154. The Bertz CT molecular complexity index is 555. The van der Waals surface area contributed by atoms with E-state index in [1.165, 1.54) is 11.8 Å². The molecule has 0 unspecified atom stereocenters. The third kappa shape index (κ3) is 3.34. The van der Waals surface area contributed by atoms with Crippen LogP contribution in [0.15, 0.2) is 23.1 Å². The van der Waals surface area contributed by atoms with Gasteiger partial charge in [0.05, 0.1) is 18.6 Å². The highest BCUT2D eigenvalue weighted by Gasteiger charge is 2.21. The van der Waals surface area contributed by atoms with Crippen LogP contribution < -0.4 is 10.1 Å². The quantitative estimate of drug-likeness (QED) is 0.682. The van der Waals surface area contributed by atoms with E-state index in [0.717, 1.165) is 16.9 Å². The predicted octanol–water partition coefficient (Wildman–Crippen LogP) is 2.33. The molecule has 4 nitrogen and oxygen atoms in total. The van der Waals surface area contributed by atoms with E-state index in [1.807, 2.05) is 18.2 Å². The first-order valence-corrected chi connectivity index (χ1v) is 6.77. The number of nitrogens with one attached hydrogen (secondary N) is 1. The fourth-order valence-electron chi connectivity index (χ4n) is 1.73. The van der Waals surface area contributed by atoms with Gasteiger partial charge in [0.25, 0.3) is 5.91 Å². The SMILES string of the molecule is COCc1cc(C=C2SC(=S)NC2=O)ccc1OC. The molecule has 100 valence electrons. The Balaban J connectivity index is 2.31. The molecular weight excluding hydrogens is 282 g/mol. The minimum Gasteiger partial charge on any atom is -0.496 e. The third-order valence-corrected chi connectivity index (χ3v) is 3.71. The average Bonchev–Trinajstić information content (AvgIpc) is 2.69. The Hall–Kier alpha value is -1.37. The lowest BCUT2D eigenvalue weighted by Crippen LogP contribution is -2.17. The highest BCUT2D eigenvalue weighted by atomic mass is 32.2. The Kier molecular flexibility index (Phi) is 4.57. The van der Waals surface area contributed by atoms with Crippen molar-refractivity contribution in [1.82, 2.24) is 5.32 Å². The van der Waals surface area contributed by atoms with Crippen molar-refractivity contribution < 1.29 is 14.3 Å². The van der Waals surface area contributed by atoms with Crippen LogP contribution >= 0.6 is 24.0 Å². The van der Waals surface area contributed by atoms with Crippen LogP contribution in [-0.4, -0.2) is 24.4 Å². The molecule has 1 aromatic rings. The van der Waals surface area contributed by atoms with Gasteiger partial charge in [-0.3, -0.25) is 4.79 Å². The first kappa shape index (κ1) is 14.0. The molecule has 6 heteroatoms. The summed E-state index contributed by atoms with van der Waals surface area (Å²) < 4.78 is 10.9. The van der Waals surface area contributed by atoms with Crippen molar-refractivity contribution in [2.45, 2.75) is 6.61 Å². The van der Waals surface area contributed by atoms with Crippen molar-refractivity contribution in [3.63, 3.8) is 0 Å². The highest BCUT2D eigenvalue weighted by molar-refractivity contribution is 8.26. The topological polar surface area (TPSA) is 47.6 Å². The maximum Gasteiger partial charge on any atom is 0.263 e. The van der Waals surface area contributed by atoms with Crippen LogP contribution in [0.2, 0.25) is 0 Å². The second kappa shape index (κ2) is 6.18. The molecule has 1 heterocycles. The summed E-state index contributed by atoms with van der Waals surface area (Å²) in [6, 6.07) is 5.68. The lowest BCUT2D eigenvalue weighted by Gasteiger charge is -2.08. The van der Waals surface area contributed by atoms with Gasteiger partial charge in [-0.2, -0.15) is 0 Å². The molecular formula is C13H13NO3S2. The molecule has 1 saturated heterocycles. The molecule has 1 aliphatic heterocycles. The summed E-state index contributed by atoms with van der Waals surface area (Å²) in [4.78, 5) is 12.2. The fraction of sp³-hybridized carbons (Fsp3) is 0.231. The summed E-state index contributed by atoms with van der Waals surface area (Å²) in [5, 5.41) is 2.59. The largest absolute Gasteiger partial charge is 0.496 e. The number of rotatable bonds is 4. The number of carbonyl (C=O) groups excluding carboxylic acids is 1. The number of amides is 1. The van der Waals surface area contributed by atoms with Gasteiger partial charge in [0, 0.05) is 12.7 Å². The maximum absolute atomic E-state index is 11.6. The van der Waals surface area contributed by atoms with Crippen LogP contribution in [0.5, 0.6) is 5.75 Å². The van der Waals surface area contributed by atoms with Gasteiger partial charge in [-0.15, -0.1) is 0 Å². The minimum absolute atomic E-state index is 0.154. The van der Waals surface area contributed by atoms with E-state index in [1.54, 1.807) is 20.3 Å². The van der Waals surface area contributed by atoms with Crippen LogP contribution in [0.3, 0.4) is 0 Å². The van der Waals surface area contributed by atoms with Gasteiger partial charge >= 0.3 is 0 Å². The second-order valence-electron chi connectivity index (χ2n) is 3.86. The molecule has 0 aliphatic carbocycles. The van der Waals surface area contributed by atoms with Crippen molar-refractivity contribution in [2.24, 2.45) is 0 Å². The summed E-state index contributed by atoms with van der Waals surface area (Å²) in [5.74, 6) is 0.613. The van der Waals surface area contributed by atoms with E-state index in [2.05, 4.69) is 5.32 Å². The van der Waals surface area contributed by atoms with Crippen molar-refractivity contribution in [3.8, 4) is 5.75 Å². The summed E-state index contributed by atoms with van der Waals surface area (Å²) in [6.45, 7) is 0.456. The van der Waals surface area contributed by atoms with E-state index in [9.17, 15) is 4.79 Å². The zero-order valence-corrected chi connectivity index (χ0v) is 12.2. The number of thiocarbonyl (C=S) groups is 1. The highest BCUT2D eigenvalue weighted by Crippen LogP contribution is 2.28. The maximum atomic E-state index is 11.6. The van der Waals surface area contributed by atoms with Gasteiger partial charge < -0.3 is 14.8 Å². The number of carbonyl (C=O) groups is 1. The second-order valence-corrected chi connectivity index (χ2v) is 5.58. The number of hydrogen-bond donors (Lipinski definition) is 1. The summed E-state index contributed by atoms with van der Waals surface area (Å²) in [7, 11) is 3.24. The monoisotopic (exact) mass is 295 g/mol. The first-order valence-electron chi connectivity index (χ1n) is 5.54. The molecule has 0 radical (unpaired) electrons. The normalized spacial score (nSPS) is 16.8. The van der Waals surface area contributed by atoms with Crippen molar-refractivity contribution in [3.05, 3.63) is 34.2 Å². The van der Waals surface area contributed by atoms with Crippen LogP contribution in [0, 0.1) is 0 Å². The van der Waals surface area contributed by atoms with E-state index in [4.69, 9.17) is 21.7 Å². The number of methoxy groups -OCH3 is 2. The molecule has 0 aromatic heterocycles. The standard InChI is InChI=1S/C13H13NO3S2/c1-16-7-9-5-8(3-4-10(9)17-2)6-11-12(15)14-13(18)19-11/h3-6H,7H2,1-2H3,(H,14,15,18). The smallest absolute Gasteiger partial charge is 0.263 e. The van der Waals surface area contributed by atoms with E-state index in [0.29, 0.717) is 15.8 Å². The molecule has 0 atom stereocenters. The molecule has 0 spiro atoms. The Morgan fingerprint density at radius 2 is 2.21 bits per heavy atom. The zero-order valence-electron chi connectivity index (χ0n) is 10.6. The average molecular weight is 295 g/mol. The number of hydrogen-bond acceptors (Lipinski definition) is 5. The van der Waals surface area contributed by atoms with Crippen molar-refractivity contribution >= 4 is 40.3 Å². The molecule has 1 aliphatic rings. The Labute approximate surface area is 121 Å². The van der Waals surface area contributed by atoms with Gasteiger partial charge in [-0.05, 0) is 23.8 Å². The van der Waals surface area contributed by atoms with E-state index in [-0.39, 0.29) is 5.91 Å². The van der Waals surface area contributed by atoms with Gasteiger partial charge in [0.1, 0.15) is 10.1 Å². The zero-order chi connectivity index (χ0) is 13.8. The number of ether oxygens (including phenoxy) is 2.